The molecule has 1 fully saturated rings. The Morgan fingerprint density at radius 3 is 2.03 bits per heavy atom. The van der Waals surface area contributed by atoms with Crippen molar-refractivity contribution in [3.05, 3.63) is 36.0 Å². The first-order valence-electron chi connectivity index (χ1n) is 11.1. The van der Waals surface area contributed by atoms with E-state index in [9.17, 15) is 29.1 Å². The molecule has 1 aliphatic rings. The maximum absolute atomic E-state index is 12.1. The summed E-state index contributed by atoms with van der Waals surface area (Å²) in [5.41, 5.74) is 1.01. The van der Waals surface area contributed by atoms with Crippen LogP contribution in [0.2, 0.25) is 0 Å². The van der Waals surface area contributed by atoms with Gasteiger partial charge in [-0.25, -0.2) is 0 Å². The van der Waals surface area contributed by atoms with Crippen molar-refractivity contribution in [3.63, 3.8) is 0 Å². The Labute approximate surface area is 206 Å². The summed E-state index contributed by atoms with van der Waals surface area (Å²) in [6, 6.07) is 6.92. The van der Waals surface area contributed by atoms with Gasteiger partial charge >= 0.3 is 29.8 Å². The molecule has 1 N–H and O–H groups in total. The SMILES string of the molecule is CC(=O)OC[C@H]1O[C@@H](n2cc(CC(=O)O)c3ccccc32)C(OC(C)=O)C(OC(C)=O)[C@@H]1OC(C)=O. The van der Waals surface area contributed by atoms with Crippen molar-refractivity contribution in [3.8, 4) is 0 Å². The van der Waals surface area contributed by atoms with Crippen LogP contribution < -0.4 is 0 Å². The number of rotatable bonds is 8. The molecule has 1 saturated heterocycles. The lowest BCUT2D eigenvalue weighted by Gasteiger charge is -2.44. The highest BCUT2D eigenvalue weighted by atomic mass is 16.7. The van der Waals surface area contributed by atoms with E-state index in [1.807, 2.05) is 0 Å². The van der Waals surface area contributed by atoms with Gasteiger partial charge < -0.3 is 33.4 Å². The number of aliphatic carboxylic acids is 1. The second-order valence-electron chi connectivity index (χ2n) is 8.24. The number of hydrogen-bond donors (Lipinski definition) is 1. The monoisotopic (exact) mass is 505 g/mol. The molecule has 2 unspecified atom stereocenters. The van der Waals surface area contributed by atoms with Crippen LogP contribution in [-0.4, -0.2) is 70.5 Å². The first-order valence-corrected chi connectivity index (χ1v) is 11.1. The Balaban J connectivity index is 2.18. The van der Waals surface area contributed by atoms with Crippen molar-refractivity contribution in [1.29, 1.82) is 0 Å². The highest BCUT2D eigenvalue weighted by Crippen LogP contribution is 2.37. The van der Waals surface area contributed by atoms with Gasteiger partial charge in [-0.1, -0.05) is 18.2 Å². The van der Waals surface area contributed by atoms with Crippen molar-refractivity contribution < 1.29 is 52.8 Å². The summed E-state index contributed by atoms with van der Waals surface area (Å²) in [7, 11) is 0. The van der Waals surface area contributed by atoms with Gasteiger partial charge in [-0.3, -0.25) is 24.0 Å². The van der Waals surface area contributed by atoms with Crippen LogP contribution in [0.15, 0.2) is 30.5 Å². The summed E-state index contributed by atoms with van der Waals surface area (Å²) in [5.74, 6) is -3.89. The second kappa shape index (κ2) is 11.2. The minimum Gasteiger partial charge on any atom is -0.481 e. The van der Waals surface area contributed by atoms with Gasteiger partial charge in [0.25, 0.3) is 0 Å². The summed E-state index contributed by atoms with van der Waals surface area (Å²) in [5, 5.41) is 9.99. The van der Waals surface area contributed by atoms with Gasteiger partial charge in [0, 0.05) is 39.3 Å². The Hall–Kier alpha value is -3.93. The molecule has 1 aromatic carbocycles. The zero-order valence-corrected chi connectivity index (χ0v) is 20.2. The minimum atomic E-state index is -1.33. The zero-order chi connectivity index (χ0) is 26.6. The second-order valence-corrected chi connectivity index (χ2v) is 8.24. The van der Waals surface area contributed by atoms with Crippen LogP contribution in [-0.2, 0) is 54.1 Å². The van der Waals surface area contributed by atoms with E-state index in [2.05, 4.69) is 0 Å². The molecule has 0 bridgehead atoms. The molecule has 3 rings (SSSR count). The number of nitrogens with zero attached hydrogens (tertiary/aromatic N) is 1. The van der Waals surface area contributed by atoms with E-state index in [1.54, 1.807) is 35.0 Å². The lowest BCUT2D eigenvalue weighted by atomic mass is 9.97. The molecule has 1 aliphatic heterocycles. The Bertz CT molecular complexity index is 1170. The predicted octanol–water partition coefficient (Wildman–Crippen LogP) is 1.52. The van der Waals surface area contributed by atoms with Crippen molar-refractivity contribution in [2.75, 3.05) is 6.61 Å². The van der Waals surface area contributed by atoms with Crippen LogP contribution in [0.5, 0.6) is 0 Å². The number of hydrogen-bond acceptors (Lipinski definition) is 10. The molecule has 0 amide bonds. The van der Waals surface area contributed by atoms with Crippen LogP contribution in [0.25, 0.3) is 10.9 Å². The van der Waals surface area contributed by atoms with Gasteiger partial charge in [-0.05, 0) is 11.6 Å². The van der Waals surface area contributed by atoms with Crippen molar-refractivity contribution in [1.82, 2.24) is 4.57 Å². The number of benzene rings is 1. The van der Waals surface area contributed by atoms with E-state index in [1.165, 1.54) is 6.92 Å². The molecule has 5 atom stereocenters. The lowest BCUT2D eigenvalue weighted by molar-refractivity contribution is -0.267. The third-order valence-corrected chi connectivity index (χ3v) is 5.41. The zero-order valence-electron chi connectivity index (χ0n) is 20.2. The molecular formula is C24H27NO11. The average Bonchev–Trinajstić information content (AvgIpc) is 3.12. The van der Waals surface area contributed by atoms with Crippen LogP contribution in [0, 0.1) is 0 Å². The van der Waals surface area contributed by atoms with Crippen LogP contribution in [0.3, 0.4) is 0 Å². The molecule has 2 heterocycles. The fraction of sp³-hybridized carbons (Fsp3) is 0.458. The molecule has 12 heteroatoms. The quantitative estimate of drug-likeness (QED) is 0.410. The normalized spacial score (nSPS) is 23.5. The van der Waals surface area contributed by atoms with Crippen LogP contribution >= 0.6 is 0 Å². The van der Waals surface area contributed by atoms with Gasteiger partial charge in [0.1, 0.15) is 12.7 Å². The number of fused-ring (bicyclic) bond motifs is 1. The summed E-state index contributed by atoms with van der Waals surface area (Å²) in [6.45, 7) is 4.24. The summed E-state index contributed by atoms with van der Waals surface area (Å²) >= 11 is 0. The van der Waals surface area contributed by atoms with E-state index in [0.717, 1.165) is 20.8 Å². The highest BCUT2D eigenvalue weighted by Gasteiger charge is 2.53. The third-order valence-electron chi connectivity index (χ3n) is 5.41. The summed E-state index contributed by atoms with van der Waals surface area (Å²) in [4.78, 5) is 59.0. The minimum absolute atomic E-state index is 0.293. The molecule has 0 radical (unpaired) electrons. The number of aromatic nitrogens is 1. The maximum Gasteiger partial charge on any atom is 0.307 e. The molecule has 12 nitrogen and oxygen atoms in total. The predicted molar refractivity (Wildman–Crippen MR) is 120 cm³/mol. The molecule has 0 spiro atoms. The van der Waals surface area contributed by atoms with Gasteiger partial charge in [-0.2, -0.15) is 0 Å². The number of carboxylic acids is 1. The number of esters is 4. The molecule has 36 heavy (non-hydrogen) atoms. The van der Waals surface area contributed by atoms with Crippen molar-refractivity contribution in [2.24, 2.45) is 0 Å². The number of carbonyl (C=O) groups excluding carboxylic acids is 4. The van der Waals surface area contributed by atoms with Gasteiger partial charge in [0.15, 0.2) is 24.5 Å². The molecule has 1 aromatic heterocycles. The molecule has 2 aromatic rings. The number of carbonyl (C=O) groups is 5. The molecular weight excluding hydrogens is 478 g/mol. The Kier molecular flexibility index (Phi) is 8.30. The smallest absolute Gasteiger partial charge is 0.307 e. The number of carboxylic acid groups (broad SMARTS) is 1. The third kappa shape index (κ3) is 6.19. The van der Waals surface area contributed by atoms with E-state index in [4.69, 9.17) is 23.7 Å². The van der Waals surface area contributed by atoms with Crippen LogP contribution in [0.4, 0.5) is 0 Å². The Morgan fingerprint density at radius 1 is 0.861 bits per heavy atom. The van der Waals surface area contributed by atoms with E-state index in [-0.39, 0.29) is 13.0 Å². The first-order chi connectivity index (χ1) is 17.0. The molecule has 0 aliphatic carbocycles. The molecule has 194 valence electrons. The fourth-order valence-electron chi connectivity index (χ4n) is 4.22. The van der Waals surface area contributed by atoms with Crippen molar-refractivity contribution in [2.45, 2.75) is 64.8 Å². The summed E-state index contributed by atoms with van der Waals surface area (Å²) < 4.78 is 29.2. The fourth-order valence-corrected chi connectivity index (χ4v) is 4.22. The largest absolute Gasteiger partial charge is 0.481 e. The van der Waals surface area contributed by atoms with Gasteiger partial charge in [0.05, 0.1) is 11.9 Å². The van der Waals surface area contributed by atoms with Crippen LogP contribution in [0.1, 0.15) is 39.5 Å². The van der Waals surface area contributed by atoms with Crippen molar-refractivity contribution >= 4 is 40.7 Å². The maximum atomic E-state index is 12.1. The Morgan fingerprint density at radius 2 is 1.44 bits per heavy atom. The van der Waals surface area contributed by atoms with Gasteiger partial charge in [0.2, 0.25) is 0 Å². The number of ether oxygens (including phenoxy) is 5. The van der Waals surface area contributed by atoms with E-state index < -0.39 is 60.5 Å². The molecule has 0 saturated carbocycles. The first kappa shape index (κ1) is 26.7. The number of para-hydroxylation sites is 1. The standard InChI is InChI=1S/C24H27NO11/c1-12(26)32-11-19-21(33-13(2)27)22(34-14(3)28)23(35-15(4)29)24(36-19)25-10-16(9-20(30)31)17-7-5-6-8-18(17)25/h5-8,10,19,21-24H,9,11H2,1-4H3,(H,30,31)/t19-,21-,22?,23?,24-/m1/s1. The van der Waals surface area contributed by atoms with E-state index >= 15 is 0 Å². The van der Waals surface area contributed by atoms with E-state index in [0.29, 0.717) is 16.5 Å². The topological polar surface area (TPSA) is 157 Å². The van der Waals surface area contributed by atoms with Gasteiger partial charge in [-0.15, -0.1) is 0 Å². The lowest BCUT2D eigenvalue weighted by Crippen LogP contribution is -2.60. The summed E-state index contributed by atoms with van der Waals surface area (Å²) in [6.07, 6.45) is -4.97. The highest BCUT2D eigenvalue weighted by molar-refractivity contribution is 5.87. The average molecular weight is 505 g/mol.